The molecule has 29 heavy (non-hydrogen) atoms. The van der Waals surface area contributed by atoms with Crippen molar-refractivity contribution in [3.05, 3.63) is 29.3 Å². The summed E-state index contributed by atoms with van der Waals surface area (Å²) < 4.78 is 0. The van der Waals surface area contributed by atoms with E-state index in [1.165, 1.54) is 32.7 Å². The van der Waals surface area contributed by atoms with E-state index in [-0.39, 0.29) is 0 Å². The lowest BCUT2D eigenvalue weighted by Gasteiger charge is -2.38. The molecule has 7 heteroatoms. The van der Waals surface area contributed by atoms with Crippen molar-refractivity contribution in [1.82, 2.24) is 20.0 Å². The van der Waals surface area contributed by atoms with Gasteiger partial charge in [-0.2, -0.15) is 0 Å². The molecule has 0 radical (unpaired) electrons. The average Bonchev–Trinajstić information content (AvgIpc) is 2.75. The maximum atomic E-state index is 6.37. The Bertz CT molecular complexity index is 650. The third-order valence-corrected chi connectivity index (χ3v) is 6.39. The van der Waals surface area contributed by atoms with Crippen LogP contribution in [0.1, 0.15) is 13.8 Å². The maximum absolute atomic E-state index is 6.37. The predicted molar refractivity (Wildman–Crippen MR) is 124 cm³/mol. The number of halogens is 1. The number of benzene rings is 1. The van der Waals surface area contributed by atoms with Crippen molar-refractivity contribution in [2.24, 2.45) is 10.9 Å². The van der Waals surface area contributed by atoms with Crippen molar-refractivity contribution in [2.75, 3.05) is 83.9 Å². The van der Waals surface area contributed by atoms with E-state index < -0.39 is 0 Å². The van der Waals surface area contributed by atoms with E-state index in [0.717, 1.165) is 55.9 Å². The predicted octanol–water partition coefficient (Wildman–Crippen LogP) is 2.31. The van der Waals surface area contributed by atoms with Crippen molar-refractivity contribution in [2.45, 2.75) is 13.8 Å². The SMILES string of the molecule is CCN1CCN(CC(C)CNC(=NC)N2CCN(c3ccccc3Cl)CC2)CC1. The standard InChI is InChI=1S/C22H37ClN6/c1-4-26-9-11-27(12-10-26)18-19(2)17-25-22(24-3)29-15-13-28(14-16-29)21-8-6-5-7-20(21)23/h5-8,19H,4,9-18H2,1-3H3,(H,24,25). The first-order valence-corrected chi connectivity index (χ1v) is 11.4. The van der Waals surface area contributed by atoms with Crippen molar-refractivity contribution in [1.29, 1.82) is 0 Å². The van der Waals surface area contributed by atoms with Crippen LogP contribution in [0.25, 0.3) is 0 Å². The van der Waals surface area contributed by atoms with Crippen molar-refractivity contribution < 1.29 is 0 Å². The summed E-state index contributed by atoms with van der Waals surface area (Å²) in [5.41, 5.74) is 1.13. The zero-order valence-corrected chi connectivity index (χ0v) is 19.0. The van der Waals surface area contributed by atoms with Gasteiger partial charge in [-0.3, -0.25) is 4.99 Å². The molecule has 162 valence electrons. The molecule has 2 saturated heterocycles. The molecule has 1 atom stereocenters. The van der Waals surface area contributed by atoms with E-state index in [2.05, 4.69) is 55.9 Å². The van der Waals surface area contributed by atoms with Crippen LogP contribution in [0.2, 0.25) is 5.02 Å². The molecule has 0 aliphatic carbocycles. The summed E-state index contributed by atoms with van der Waals surface area (Å²) in [6.07, 6.45) is 0. The molecule has 2 aliphatic heterocycles. The van der Waals surface area contributed by atoms with E-state index in [1.54, 1.807) is 0 Å². The average molecular weight is 421 g/mol. The number of hydrogen-bond donors (Lipinski definition) is 1. The lowest BCUT2D eigenvalue weighted by molar-refractivity contribution is 0.124. The quantitative estimate of drug-likeness (QED) is 0.564. The van der Waals surface area contributed by atoms with Gasteiger partial charge in [0.2, 0.25) is 0 Å². The summed E-state index contributed by atoms with van der Waals surface area (Å²) in [4.78, 5) is 14.4. The van der Waals surface area contributed by atoms with Crippen LogP contribution in [-0.2, 0) is 0 Å². The second-order valence-corrected chi connectivity index (χ2v) is 8.60. The third-order valence-electron chi connectivity index (χ3n) is 6.07. The molecule has 1 unspecified atom stereocenters. The highest BCUT2D eigenvalue weighted by Gasteiger charge is 2.22. The lowest BCUT2D eigenvalue weighted by Crippen LogP contribution is -2.53. The first-order valence-electron chi connectivity index (χ1n) is 11.0. The van der Waals surface area contributed by atoms with Gasteiger partial charge >= 0.3 is 0 Å². The molecule has 0 aromatic heterocycles. The second-order valence-electron chi connectivity index (χ2n) is 8.19. The Labute approximate surface area is 181 Å². The zero-order chi connectivity index (χ0) is 20.6. The number of para-hydroxylation sites is 1. The van der Waals surface area contributed by atoms with Crippen LogP contribution in [0.4, 0.5) is 5.69 Å². The number of nitrogens with zero attached hydrogens (tertiary/aromatic N) is 5. The number of nitrogens with one attached hydrogen (secondary N) is 1. The number of rotatable bonds is 6. The number of likely N-dealkylation sites (N-methyl/N-ethyl adjacent to an activating group) is 1. The number of piperazine rings is 2. The Balaban J connectivity index is 1.41. The normalized spacial score (nSPS) is 20.8. The molecule has 1 aromatic carbocycles. The topological polar surface area (TPSA) is 37.4 Å². The Kier molecular flexibility index (Phi) is 8.45. The Morgan fingerprint density at radius 2 is 1.69 bits per heavy atom. The summed E-state index contributed by atoms with van der Waals surface area (Å²) >= 11 is 6.37. The molecule has 2 aliphatic rings. The first-order chi connectivity index (χ1) is 14.1. The van der Waals surface area contributed by atoms with Gasteiger partial charge in [-0.1, -0.05) is 37.6 Å². The summed E-state index contributed by atoms with van der Waals surface area (Å²) in [7, 11) is 1.89. The lowest BCUT2D eigenvalue weighted by atomic mass is 10.1. The Morgan fingerprint density at radius 1 is 1.03 bits per heavy atom. The molecule has 2 fully saturated rings. The Morgan fingerprint density at radius 3 is 2.31 bits per heavy atom. The van der Waals surface area contributed by atoms with Crippen LogP contribution in [-0.4, -0.2) is 99.7 Å². The molecule has 1 N–H and O–H groups in total. The third kappa shape index (κ3) is 6.24. The number of guanidine groups is 1. The molecule has 2 heterocycles. The molecule has 1 aromatic rings. The van der Waals surface area contributed by atoms with Crippen LogP contribution in [0.15, 0.2) is 29.3 Å². The van der Waals surface area contributed by atoms with Crippen LogP contribution in [0.3, 0.4) is 0 Å². The minimum Gasteiger partial charge on any atom is -0.367 e. The monoisotopic (exact) mass is 420 g/mol. The van der Waals surface area contributed by atoms with Gasteiger partial charge in [0.25, 0.3) is 0 Å². The highest BCUT2D eigenvalue weighted by atomic mass is 35.5. The van der Waals surface area contributed by atoms with Crippen LogP contribution >= 0.6 is 11.6 Å². The van der Waals surface area contributed by atoms with E-state index in [4.69, 9.17) is 11.6 Å². The minimum atomic E-state index is 0.601. The molecular formula is C22H37ClN6. The molecule has 6 nitrogen and oxygen atoms in total. The van der Waals surface area contributed by atoms with Gasteiger partial charge in [0.1, 0.15) is 0 Å². The van der Waals surface area contributed by atoms with Crippen LogP contribution in [0.5, 0.6) is 0 Å². The van der Waals surface area contributed by atoms with Gasteiger partial charge in [-0.25, -0.2) is 0 Å². The van der Waals surface area contributed by atoms with E-state index in [0.29, 0.717) is 5.92 Å². The minimum absolute atomic E-state index is 0.601. The fraction of sp³-hybridized carbons (Fsp3) is 0.682. The zero-order valence-electron chi connectivity index (χ0n) is 18.3. The van der Waals surface area contributed by atoms with Crippen LogP contribution < -0.4 is 10.2 Å². The molecule has 0 saturated carbocycles. The van der Waals surface area contributed by atoms with Gasteiger partial charge in [0, 0.05) is 72.5 Å². The largest absolute Gasteiger partial charge is 0.367 e. The molecule has 0 amide bonds. The molecule has 0 bridgehead atoms. The van der Waals surface area contributed by atoms with Crippen molar-refractivity contribution >= 4 is 23.2 Å². The van der Waals surface area contributed by atoms with Gasteiger partial charge in [0.05, 0.1) is 10.7 Å². The van der Waals surface area contributed by atoms with E-state index in [9.17, 15) is 0 Å². The second kappa shape index (κ2) is 11.0. The summed E-state index contributed by atoms with van der Waals surface area (Å²) in [5.74, 6) is 1.62. The highest BCUT2D eigenvalue weighted by Crippen LogP contribution is 2.26. The number of anilines is 1. The first kappa shape index (κ1) is 22.2. The fourth-order valence-electron chi connectivity index (χ4n) is 4.26. The maximum Gasteiger partial charge on any atom is 0.193 e. The molecule has 0 spiro atoms. The number of hydrogen-bond acceptors (Lipinski definition) is 4. The van der Waals surface area contributed by atoms with Crippen molar-refractivity contribution in [3.63, 3.8) is 0 Å². The van der Waals surface area contributed by atoms with E-state index in [1.807, 2.05) is 19.2 Å². The smallest absolute Gasteiger partial charge is 0.193 e. The molecule has 3 rings (SSSR count). The number of aliphatic imine (C=N–C) groups is 1. The fourth-order valence-corrected chi connectivity index (χ4v) is 4.51. The van der Waals surface area contributed by atoms with Gasteiger partial charge in [-0.15, -0.1) is 0 Å². The Hall–Kier alpha value is -1.50. The molecular weight excluding hydrogens is 384 g/mol. The highest BCUT2D eigenvalue weighted by molar-refractivity contribution is 6.33. The summed E-state index contributed by atoms with van der Waals surface area (Å²) in [5, 5.41) is 4.44. The van der Waals surface area contributed by atoms with E-state index >= 15 is 0 Å². The van der Waals surface area contributed by atoms with Gasteiger partial charge < -0.3 is 24.9 Å². The summed E-state index contributed by atoms with van der Waals surface area (Å²) in [6, 6.07) is 8.11. The van der Waals surface area contributed by atoms with Crippen LogP contribution in [0, 0.1) is 5.92 Å². The van der Waals surface area contributed by atoms with Gasteiger partial charge in [0.15, 0.2) is 5.96 Å². The van der Waals surface area contributed by atoms with Gasteiger partial charge in [-0.05, 0) is 24.6 Å². The van der Waals surface area contributed by atoms with Crippen molar-refractivity contribution in [3.8, 4) is 0 Å². The summed E-state index contributed by atoms with van der Waals surface area (Å²) in [6.45, 7) is 16.5.